The first kappa shape index (κ1) is 11.3. The van der Waals surface area contributed by atoms with E-state index in [0.29, 0.717) is 6.42 Å². The van der Waals surface area contributed by atoms with E-state index >= 15 is 0 Å². The minimum absolute atomic E-state index is 0.150. The van der Waals surface area contributed by atoms with Crippen LogP contribution in [-0.4, -0.2) is 27.1 Å². The lowest BCUT2D eigenvalue weighted by Crippen LogP contribution is -2.31. The predicted molar refractivity (Wildman–Crippen MR) is 67.5 cm³/mol. The number of aliphatic hydroxyl groups is 1. The summed E-state index contributed by atoms with van der Waals surface area (Å²) in [5.74, 6) is 0.896. The van der Waals surface area contributed by atoms with Crippen LogP contribution in [0.3, 0.4) is 0 Å². The van der Waals surface area contributed by atoms with Crippen LogP contribution in [0.2, 0.25) is 0 Å². The van der Waals surface area contributed by atoms with Crippen LogP contribution in [0.25, 0.3) is 0 Å². The number of ether oxygens (including phenoxy) is 1. The fraction of sp³-hybridized carbons (Fsp3) is 0.357. The number of benzene rings is 1. The summed E-state index contributed by atoms with van der Waals surface area (Å²) in [4.78, 5) is 0. The number of aryl methyl sites for hydroxylation is 1. The molecule has 1 N–H and O–H groups in total. The third-order valence-electron chi connectivity index (χ3n) is 3.30. The van der Waals surface area contributed by atoms with E-state index in [4.69, 9.17) is 4.74 Å². The maximum atomic E-state index is 10.2. The molecule has 0 aliphatic carbocycles. The van der Waals surface area contributed by atoms with E-state index in [1.165, 1.54) is 5.56 Å². The van der Waals surface area contributed by atoms with Crippen LogP contribution < -0.4 is 4.74 Å². The Morgan fingerprint density at radius 3 is 3.06 bits per heavy atom. The first-order valence-electron chi connectivity index (χ1n) is 6.12. The maximum Gasteiger partial charge on any atom is 0.129 e. The van der Waals surface area contributed by atoms with E-state index < -0.39 is 6.10 Å². The third kappa shape index (κ3) is 2.11. The van der Waals surface area contributed by atoms with E-state index in [1.54, 1.807) is 10.9 Å². The molecule has 0 bridgehead atoms. The molecule has 0 saturated carbocycles. The molecule has 0 amide bonds. The van der Waals surface area contributed by atoms with Gasteiger partial charge < -0.3 is 9.84 Å². The Balaban J connectivity index is 1.67. The highest BCUT2D eigenvalue weighted by molar-refractivity contribution is 5.37. The normalized spacial score (nSPS) is 19.3. The van der Waals surface area contributed by atoms with E-state index in [0.717, 1.165) is 17.7 Å². The molecule has 94 valence electrons. The summed E-state index contributed by atoms with van der Waals surface area (Å²) in [6.45, 7) is 0. The summed E-state index contributed by atoms with van der Waals surface area (Å²) in [5.41, 5.74) is 2.21. The average molecular weight is 244 g/mol. The Bertz CT molecular complexity index is 525. The van der Waals surface area contributed by atoms with Crippen LogP contribution in [0.15, 0.2) is 36.7 Å². The van der Waals surface area contributed by atoms with Gasteiger partial charge in [0.1, 0.15) is 11.9 Å². The van der Waals surface area contributed by atoms with Gasteiger partial charge in [-0.15, -0.1) is 0 Å². The van der Waals surface area contributed by atoms with Gasteiger partial charge >= 0.3 is 0 Å². The van der Waals surface area contributed by atoms with Gasteiger partial charge in [-0.1, -0.05) is 18.2 Å². The van der Waals surface area contributed by atoms with Gasteiger partial charge in [-0.05, 0) is 17.2 Å². The zero-order valence-corrected chi connectivity index (χ0v) is 10.3. The van der Waals surface area contributed by atoms with Gasteiger partial charge in [0.2, 0.25) is 0 Å². The number of nitrogens with zero attached hydrogens (tertiary/aromatic N) is 2. The molecular weight excluding hydrogens is 228 g/mol. The van der Waals surface area contributed by atoms with Crippen LogP contribution in [0.1, 0.15) is 11.1 Å². The minimum atomic E-state index is -0.499. The van der Waals surface area contributed by atoms with Gasteiger partial charge in [0.05, 0.1) is 12.3 Å². The highest BCUT2D eigenvalue weighted by Gasteiger charge is 2.29. The van der Waals surface area contributed by atoms with E-state index in [1.807, 2.05) is 37.5 Å². The summed E-state index contributed by atoms with van der Waals surface area (Å²) < 4.78 is 7.51. The molecule has 3 rings (SSSR count). The van der Waals surface area contributed by atoms with Crippen molar-refractivity contribution in [2.24, 2.45) is 7.05 Å². The second-order valence-electron chi connectivity index (χ2n) is 4.76. The van der Waals surface area contributed by atoms with Crippen LogP contribution in [0.4, 0.5) is 0 Å². The third-order valence-corrected chi connectivity index (χ3v) is 3.30. The van der Waals surface area contributed by atoms with Crippen molar-refractivity contribution in [2.75, 3.05) is 0 Å². The van der Waals surface area contributed by atoms with Crippen molar-refractivity contribution in [3.63, 3.8) is 0 Å². The Kier molecular flexibility index (Phi) is 2.80. The largest absolute Gasteiger partial charge is 0.487 e. The molecule has 18 heavy (non-hydrogen) atoms. The summed E-state index contributed by atoms with van der Waals surface area (Å²) in [6, 6.07) is 7.95. The van der Waals surface area contributed by atoms with Crippen molar-refractivity contribution in [2.45, 2.75) is 25.0 Å². The van der Waals surface area contributed by atoms with Gasteiger partial charge in [-0.25, -0.2) is 0 Å². The highest BCUT2D eigenvalue weighted by atomic mass is 16.5. The van der Waals surface area contributed by atoms with Crippen LogP contribution >= 0.6 is 0 Å². The van der Waals surface area contributed by atoms with Crippen molar-refractivity contribution >= 4 is 0 Å². The van der Waals surface area contributed by atoms with Gasteiger partial charge in [-0.2, -0.15) is 5.10 Å². The van der Waals surface area contributed by atoms with Gasteiger partial charge in [-0.3, -0.25) is 4.68 Å². The molecule has 2 aromatic rings. The monoisotopic (exact) mass is 244 g/mol. The molecule has 1 aliphatic rings. The number of hydrogen-bond acceptors (Lipinski definition) is 3. The molecule has 2 unspecified atom stereocenters. The van der Waals surface area contributed by atoms with Crippen molar-refractivity contribution in [3.8, 4) is 5.75 Å². The summed E-state index contributed by atoms with van der Waals surface area (Å²) in [7, 11) is 1.87. The fourth-order valence-corrected chi connectivity index (χ4v) is 2.37. The number of fused-ring (bicyclic) bond motifs is 1. The molecule has 4 heteroatoms. The quantitative estimate of drug-likeness (QED) is 0.886. The molecule has 4 nitrogen and oxygen atoms in total. The zero-order chi connectivity index (χ0) is 12.5. The number of aliphatic hydroxyl groups excluding tert-OH is 1. The zero-order valence-electron chi connectivity index (χ0n) is 10.3. The maximum absolute atomic E-state index is 10.2. The standard InChI is InChI=1S/C14H16N2O2/c1-16-9-10(8-15-16)6-12(17)14-7-11-4-2-3-5-13(11)18-14/h2-5,8-9,12,14,17H,6-7H2,1H3. The number of aromatic nitrogens is 2. The molecule has 0 radical (unpaired) electrons. The topological polar surface area (TPSA) is 47.3 Å². The molecule has 1 aromatic carbocycles. The number of para-hydroxylation sites is 1. The molecule has 2 heterocycles. The molecular formula is C14H16N2O2. The molecule has 0 spiro atoms. The molecule has 1 aromatic heterocycles. The molecule has 0 saturated heterocycles. The molecule has 2 atom stereocenters. The molecule has 0 fully saturated rings. The van der Waals surface area contributed by atoms with Crippen molar-refractivity contribution in [3.05, 3.63) is 47.8 Å². The second kappa shape index (κ2) is 4.46. The number of hydrogen-bond donors (Lipinski definition) is 1. The SMILES string of the molecule is Cn1cc(CC(O)C2Cc3ccccc3O2)cn1. The smallest absolute Gasteiger partial charge is 0.129 e. The first-order valence-corrected chi connectivity index (χ1v) is 6.12. The summed E-state index contributed by atoms with van der Waals surface area (Å²) >= 11 is 0. The van der Waals surface area contributed by atoms with Crippen LogP contribution in [-0.2, 0) is 19.9 Å². The fourth-order valence-electron chi connectivity index (χ4n) is 2.37. The lowest BCUT2D eigenvalue weighted by atomic mass is 10.0. The van der Waals surface area contributed by atoms with E-state index in [9.17, 15) is 5.11 Å². The Morgan fingerprint density at radius 2 is 2.33 bits per heavy atom. The minimum Gasteiger partial charge on any atom is -0.487 e. The van der Waals surface area contributed by atoms with Crippen molar-refractivity contribution in [1.29, 1.82) is 0 Å². The van der Waals surface area contributed by atoms with Gasteiger partial charge in [0.25, 0.3) is 0 Å². The van der Waals surface area contributed by atoms with E-state index in [2.05, 4.69) is 5.10 Å². The second-order valence-corrected chi connectivity index (χ2v) is 4.76. The van der Waals surface area contributed by atoms with Crippen molar-refractivity contribution < 1.29 is 9.84 Å². The van der Waals surface area contributed by atoms with E-state index in [-0.39, 0.29) is 6.10 Å². The van der Waals surface area contributed by atoms with Crippen molar-refractivity contribution in [1.82, 2.24) is 9.78 Å². The molecule has 1 aliphatic heterocycles. The number of rotatable bonds is 3. The first-order chi connectivity index (χ1) is 8.72. The highest BCUT2D eigenvalue weighted by Crippen LogP contribution is 2.30. The lowest BCUT2D eigenvalue weighted by molar-refractivity contribution is 0.0503. The summed E-state index contributed by atoms with van der Waals surface area (Å²) in [6.07, 6.45) is 4.41. The van der Waals surface area contributed by atoms with Gasteiger partial charge in [0.15, 0.2) is 0 Å². The lowest BCUT2D eigenvalue weighted by Gasteiger charge is -2.17. The van der Waals surface area contributed by atoms with Crippen LogP contribution in [0, 0.1) is 0 Å². The van der Waals surface area contributed by atoms with Gasteiger partial charge in [0, 0.05) is 26.1 Å². The Hall–Kier alpha value is -1.81. The predicted octanol–water partition coefficient (Wildman–Crippen LogP) is 1.33. The van der Waals surface area contributed by atoms with Crippen LogP contribution in [0.5, 0.6) is 5.75 Å². The average Bonchev–Trinajstić information content (AvgIpc) is 2.95. The Morgan fingerprint density at radius 1 is 1.50 bits per heavy atom. The Labute approximate surface area is 106 Å². The summed E-state index contributed by atoms with van der Waals surface area (Å²) in [5, 5.41) is 14.3.